The van der Waals surface area contributed by atoms with Gasteiger partial charge in [0, 0.05) is 28.0 Å². The second kappa shape index (κ2) is 7.19. The Morgan fingerprint density at radius 3 is 2.56 bits per heavy atom. The summed E-state index contributed by atoms with van der Waals surface area (Å²) in [6.45, 7) is 2.00. The van der Waals surface area contributed by atoms with Gasteiger partial charge in [0.1, 0.15) is 5.75 Å². The number of hydrogen-bond acceptors (Lipinski definition) is 2. The van der Waals surface area contributed by atoms with Crippen molar-refractivity contribution in [1.82, 2.24) is 4.98 Å². The van der Waals surface area contributed by atoms with Crippen LogP contribution in [0.25, 0.3) is 10.9 Å². The summed E-state index contributed by atoms with van der Waals surface area (Å²) in [4.78, 5) is 14.2. The van der Waals surface area contributed by atoms with E-state index in [9.17, 15) is 4.79 Å². The molecule has 25 heavy (non-hydrogen) atoms. The molecular formula is C20H20ClNO3. The van der Waals surface area contributed by atoms with Gasteiger partial charge >= 0.3 is 5.97 Å². The molecule has 0 bridgehead atoms. The summed E-state index contributed by atoms with van der Waals surface area (Å²) >= 11 is 5.96. The number of halogens is 1. The fourth-order valence-electron chi connectivity index (χ4n) is 3.19. The molecule has 130 valence electrons. The number of H-pyrrole nitrogens is 1. The highest BCUT2D eigenvalue weighted by molar-refractivity contribution is 6.30. The Kier molecular flexibility index (Phi) is 5.00. The molecule has 0 aliphatic rings. The summed E-state index contributed by atoms with van der Waals surface area (Å²) in [5, 5.41) is 10.7. The molecule has 4 nitrogen and oxygen atoms in total. The second-order valence-corrected chi connectivity index (χ2v) is 6.54. The average molecular weight is 358 g/mol. The third kappa shape index (κ3) is 3.64. The molecule has 0 spiro atoms. The van der Waals surface area contributed by atoms with E-state index in [-0.39, 0.29) is 6.42 Å². The van der Waals surface area contributed by atoms with E-state index in [0.29, 0.717) is 6.42 Å². The molecule has 5 heteroatoms. The van der Waals surface area contributed by atoms with Gasteiger partial charge in [-0.25, -0.2) is 0 Å². The van der Waals surface area contributed by atoms with Crippen LogP contribution in [0.15, 0.2) is 36.4 Å². The van der Waals surface area contributed by atoms with E-state index in [1.165, 1.54) is 0 Å². The molecule has 0 saturated heterocycles. The van der Waals surface area contributed by atoms with E-state index in [4.69, 9.17) is 21.4 Å². The molecule has 1 aromatic heterocycles. The van der Waals surface area contributed by atoms with E-state index in [2.05, 4.69) is 4.98 Å². The number of aromatic amines is 1. The smallest absolute Gasteiger partial charge is 0.303 e. The number of fused-ring (bicyclic) bond motifs is 1. The number of methoxy groups -OCH3 is 1. The number of carboxylic acid groups (broad SMARTS) is 1. The number of aryl methyl sites for hydroxylation is 2. The van der Waals surface area contributed by atoms with Gasteiger partial charge in [0.2, 0.25) is 0 Å². The zero-order chi connectivity index (χ0) is 18.0. The molecule has 2 aromatic carbocycles. The highest BCUT2D eigenvalue weighted by Crippen LogP contribution is 2.35. The largest absolute Gasteiger partial charge is 0.496 e. The van der Waals surface area contributed by atoms with Crippen molar-refractivity contribution in [3.8, 4) is 5.75 Å². The Balaban J connectivity index is 2.01. The third-order valence-electron chi connectivity index (χ3n) is 4.45. The Morgan fingerprint density at radius 1 is 1.20 bits per heavy atom. The Morgan fingerprint density at radius 2 is 1.92 bits per heavy atom. The fourth-order valence-corrected chi connectivity index (χ4v) is 3.31. The van der Waals surface area contributed by atoms with Gasteiger partial charge in [-0.3, -0.25) is 4.79 Å². The van der Waals surface area contributed by atoms with Crippen LogP contribution in [0.3, 0.4) is 0 Å². The summed E-state index contributed by atoms with van der Waals surface area (Å²) in [6.07, 6.45) is 1.32. The van der Waals surface area contributed by atoms with Crippen LogP contribution in [0, 0.1) is 6.92 Å². The van der Waals surface area contributed by atoms with E-state index in [1.54, 1.807) is 7.11 Å². The minimum atomic E-state index is -0.798. The Labute approximate surface area is 151 Å². The molecule has 3 aromatic rings. The maximum absolute atomic E-state index is 10.9. The molecule has 2 N–H and O–H groups in total. The lowest BCUT2D eigenvalue weighted by Gasteiger charge is -2.11. The van der Waals surface area contributed by atoms with Crippen molar-refractivity contribution in [3.63, 3.8) is 0 Å². The lowest BCUT2D eigenvalue weighted by Crippen LogP contribution is -1.98. The number of carboxylic acids is 1. The maximum Gasteiger partial charge on any atom is 0.303 e. The van der Waals surface area contributed by atoms with Crippen molar-refractivity contribution in [3.05, 3.63) is 63.8 Å². The van der Waals surface area contributed by atoms with Crippen molar-refractivity contribution in [2.24, 2.45) is 0 Å². The number of rotatable bonds is 6. The van der Waals surface area contributed by atoms with Crippen molar-refractivity contribution in [2.45, 2.75) is 26.2 Å². The van der Waals surface area contributed by atoms with Crippen molar-refractivity contribution in [1.29, 1.82) is 0 Å². The first kappa shape index (κ1) is 17.4. The first-order valence-electron chi connectivity index (χ1n) is 8.13. The zero-order valence-electron chi connectivity index (χ0n) is 14.2. The average Bonchev–Trinajstić information content (AvgIpc) is 2.91. The highest BCUT2D eigenvalue weighted by atomic mass is 35.5. The van der Waals surface area contributed by atoms with E-state index < -0.39 is 5.97 Å². The van der Waals surface area contributed by atoms with Crippen LogP contribution in [0.2, 0.25) is 5.02 Å². The number of ether oxygens (including phenoxy) is 1. The standard InChI is InChI=1S/C20H20ClNO3/c1-12-16(9-10-18(23)24)22-17-8-5-14(20(25-2)19(12)17)11-13-3-6-15(21)7-4-13/h3-8,22H,9-11H2,1-2H3,(H,23,24). The monoisotopic (exact) mass is 357 g/mol. The quantitative estimate of drug-likeness (QED) is 0.669. The second-order valence-electron chi connectivity index (χ2n) is 6.11. The first-order chi connectivity index (χ1) is 12.0. The van der Waals surface area contributed by atoms with Gasteiger partial charge < -0.3 is 14.8 Å². The maximum atomic E-state index is 10.9. The van der Waals surface area contributed by atoms with Crippen molar-refractivity contribution < 1.29 is 14.6 Å². The predicted molar refractivity (Wildman–Crippen MR) is 99.8 cm³/mol. The summed E-state index contributed by atoms with van der Waals surface area (Å²) in [5.74, 6) is 0.0382. The third-order valence-corrected chi connectivity index (χ3v) is 4.71. The van der Waals surface area contributed by atoms with Crippen molar-refractivity contribution >= 4 is 28.5 Å². The minimum Gasteiger partial charge on any atom is -0.496 e. The highest BCUT2D eigenvalue weighted by Gasteiger charge is 2.16. The van der Waals surface area contributed by atoms with Gasteiger partial charge in [-0.15, -0.1) is 0 Å². The van der Waals surface area contributed by atoms with Gasteiger partial charge in [-0.05, 0) is 48.2 Å². The number of benzene rings is 2. The Bertz CT molecular complexity index is 913. The van der Waals surface area contributed by atoms with E-state index in [1.807, 2.05) is 43.3 Å². The summed E-state index contributed by atoms with van der Waals surface area (Å²) in [7, 11) is 1.67. The van der Waals surface area contributed by atoms with Crippen LogP contribution in [0.5, 0.6) is 5.75 Å². The molecule has 0 amide bonds. The Hall–Kier alpha value is -2.46. The molecule has 0 radical (unpaired) electrons. The zero-order valence-corrected chi connectivity index (χ0v) is 15.0. The summed E-state index contributed by atoms with van der Waals surface area (Å²) in [6, 6.07) is 11.9. The van der Waals surface area contributed by atoms with Crippen LogP contribution in [0.4, 0.5) is 0 Å². The van der Waals surface area contributed by atoms with Gasteiger partial charge in [0.25, 0.3) is 0 Å². The van der Waals surface area contributed by atoms with E-state index >= 15 is 0 Å². The van der Waals surface area contributed by atoms with Gasteiger partial charge in [-0.2, -0.15) is 0 Å². The molecule has 1 heterocycles. The first-order valence-corrected chi connectivity index (χ1v) is 8.50. The number of nitrogens with one attached hydrogen (secondary N) is 1. The lowest BCUT2D eigenvalue weighted by molar-refractivity contribution is -0.136. The summed E-state index contributed by atoms with van der Waals surface area (Å²) < 4.78 is 5.71. The number of hydrogen-bond donors (Lipinski definition) is 2. The molecule has 0 saturated carbocycles. The van der Waals surface area contributed by atoms with Crippen LogP contribution in [-0.2, 0) is 17.6 Å². The van der Waals surface area contributed by atoms with Gasteiger partial charge in [0.05, 0.1) is 13.5 Å². The molecular weight excluding hydrogens is 338 g/mol. The number of aliphatic carboxylic acids is 1. The molecule has 0 aliphatic heterocycles. The van der Waals surface area contributed by atoms with Crippen molar-refractivity contribution in [2.75, 3.05) is 7.11 Å². The molecule has 0 aliphatic carbocycles. The van der Waals surface area contributed by atoms with Crippen LogP contribution < -0.4 is 4.74 Å². The van der Waals surface area contributed by atoms with Crippen LogP contribution in [0.1, 0.15) is 28.8 Å². The molecule has 0 fully saturated rings. The molecule has 0 unspecified atom stereocenters. The van der Waals surface area contributed by atoms with Crippen LogP contribution >= 0.6 is 11.6 Å². The molecule has 3 rings (SSSR count). The summed E-state index contributed by atoms with van der Waals surface area (Å²) in [5.41, 5.74) is 5.20. The predicted octanol–water partition coefficient (Wildman–Crippen LogP) is 4.75. The van der Waals surface area contributed by atoms with Gasteiger partial charge in [0.15, 0.2) is 0 Å². The normalized spacial score (nSPS) is 11.0. The number of aromatic nitrogens is 1. The van der Waals surface area contributed by atoms with Crippen LogP contribution in [-0.4, -0.2) is 23.2 Å². The molecule has 0 atom stereocenters. The SMILES string of the molecule is COc1c(Cc2ccc(Cl)cc2)ccc2[nH]c(CCC(=O)O)c(C)c12. The lowest BCUT2D eigenvalue weighted by atomic mass is 10.00. The topological polar surface area (TPSA) is 62.3 Å². The number of carbonyl (C=O) groups is 1. The minimum absolute atomic E-state index is 0.105. The van der Waals surface area contributed by atoms with E-state index in [0.717, 1.165) is 50.5 Å². The fraction of sp³-hybridized carbons (Fsp3) is 0.250. The van der Waals surface area contributed by atoms with Gasteiger partial charge in [-0.1, -0.05) is 29.8 Å².